The van der Waals surface area contributed by atoms with E-state index < -0.39 is 0 Å². The first-order valence-corrected chi connectivity index (χ1v) is 7.79. The lowest BCUT2D eigenvalue weighted by Crippen LogP contribution is -2.17. The SMILES string of the molecule is CCC(C)(CC)CCc1sc(C)c2c1OCCO2. The van der Waals surface area contributed by atoms with Crippen LogP contribution in [0.3, 0.4) is 0 Å². The second kappa shape index (κ2) is 5.52. The molecule has 0 N–H and O–H groups in total. The van der Waals surface area contributed by atoms with E-state index in [-0.39, 0.29) is 0 Å². The Hall–Kier alpha value is -0.700. The Balaban J connectivity index is 2.10. The van der Waals surface area contributed by atoms with Crippen molar-refractivity contribution in [3.8, 4) is 11.5 Å². The predicted molar refractivity (Wildman–Crippen MR) is 77.1 cm³/mol. The number of aryl methyl sites for hydroxylation is 2. The van der Waals surface area contributed by atoms with Gasteiger partial charge in [0.1, 0.15) is 13.2 Å². The van der Waals surface area contributed by atoms with Gasteiger partial charge in [-0.3, -0.25) is 0 Å². The lowest BCUT2D eigenvalue weighted by Gasteiger charge is -2.26. The van der Waals surface area contributed by atoms with Gasteiger partial charge in [-0.15, -0.1) is 11.3 Å². The largest absolute Gasteiger partial charge is 0.485 e. The Bertz CT molecular complexity index is 405. The molecule has 1 aliphatic rings. The molecule has 0 radical (unpaired) electrons. The molecule has 18 heavy (non-hydrogen) atoms. The van der Waals surface area contributed by atoms with E-state index in [0.29, 0.717) is 18.6 Å². The van der Waals surface area contributed by atoms with Crippen molar-refractivity contribution in [1.29, 1.82) is 0 Å². The van der Waals surface area contributed by atoms with E-state index in [2.05, 4.69) is 27.7 Å². The molecule has 2 rings (SSSR count). The van der Waals surface area contributed by atoms with Gasteiger partial charge in [-0.1, -0.05) is 33.6 Å². The lowest BCUT2D eigenvalue weighted by molar-refractivity contribution is 0.170. The highest BCUT2D eigenvalue weighted by Crippen LogP contribution is 2.45. The Morgan fingerprint density at radius 1 is 1.11 bits per heavy atom. The first kappa shape index (κ1) is 13.7. The second-order valence-corrected chi connectivity index (χ2v) is 6.76. The molecule has 1 aliphatic heterocycles. The van der Waals surface area contributed by atoms with Crippen LogP contribution in [0.1, 0.15) is 49.8 Å². The first-order valence-electron chi connectivity index (χ1n) is 6.97. The van der Waals surface area contributed by atoms with Crippen molar-refractivity contribution < 1.29 is 9.47 Å². The van der Waals surface area contributed by atoms with Gasteiger partial charge in [-0.25, -0.2) is 0 Å². The van der Waals surface area contributed by atoms with Crippen molar-refractivity contribution in [2.24, 2.45) is 5.41 Å². The van der Waals surface area contributed by atoms with Gasteiger partial charge in [0.05, 0.1) is 4.88 Å². The van der Waals surface area contributed by atoms with Gasteiger partial charge < -0.3 is 9.47 Å². The summed E-state index contributed by atoms with van der Waals surface area (Å²) < 4.78 is 11.5. The van der Waals surface area contributed by atoms with Crippen LogP contribution in [0.4, 0.5) is 0 Å². The maximum absolute atomic E-state index is 5.79. The number of rotatable bonds is 5. The normalized spacial score (nSPS) is 14.9. The molecular formula is C15H24O2S. The molecule has 0 bridgehead atoms. The van der Waals surface area contributed by atoms with Crippen molar-refractivity contribution in [3.05, 3.63) is 9.75 Å². The summed E-state index contributed by atoms with van der Waals surface area (Å²) in [6, 6.07) is 0. The van der Waals surface area contributed by atoms with Crippen LogP contribution in [0, 0.1) is 12.3 Å². The average molecular weight is 268 g/mol. The fraction of sp³-hybridized carbons (Fsp3) is 0.733. The van der Waals surface area contributed by atoms with E-state index in [4.69, 9.17) is 9.47 Å². The third-order valence-corrected chi connectivity index (χ3v) is 5.42. The molecule has 3 heteroatoms. The van der Waals surface area contributed by atoms with Crippen molar-refractivity contribution in [3.63, 3.8) is 0 Å². The molecule has 0 fully saturated rings. The minimum Gasteiger partial charge on any atom is -0.485 e. The molecule has 0 aliphatic carbocycles. The monoisotopic (exact) mass is 268 g/mol. The van der Waals surface area contributed by atoms with Crippen LogP contribution in [0.5, 0.6) is 11.5 Å². The standard InChI is InChI=1S/C15H24O2S/c1-5-15(4,6-2)8-7-12-14-13(11(3)18-12)16-9-10-17-14/h5-10H2,1-4H3. The minimum atomic E-state index is 0.459. The predicted octanol–water partition coefficient (Wildman–Crippen LogP) is 4.59. The highest BCUT2D eigenvalue weighted by atomic mass is 32.1. The fourth-order valence-electron chi connectivity index (χ4n) is 2.35. The zero-order chi connectivity index (χ0) is 13.2. The maximum atomic E-state index is 5.79. The summed E-state index contributed by atoms with van der Waals surface area (Å²) in [5, 5.41) is 0. The summed E-state index contributed by atoms with van der Waals surface area (Å²) in [7, 11) is 0. The summed E-state index contributed by atoms with van der Waals surface area (Å²) in [6.45, 7) is 10.5. The van der Waals surface area contributed by atoms with Crippen molar-refractivity contribution in [2.45, 2.75) is 53.4 Å². The van der Waals surface area contributed by atoms with E-state index in [0.717, 1.165) is 17.9 Å². The Kier molecular flexibility index (Phi) is 4.21. The van der Waals surface area contributed by atoms with Gasteiger partial charge >= 0.3 is 0 Å². The van der Waals surface area contributed by atoms with E-state index in [1.165, 1.54) is 29.0 Å². The second-order valence-electron chi connectivity index (χ2n) is 5.45. The maximum Gasteiger partial charge on any atom is 0.175 e. The molecule has 0 saturated heterocycles. The topological polar surface area (TPSA) is 18.5 Å². The van der Waals surface area contributed by atoms with Crippen molar-refractivity contribution in [1.82, 2.24) is 0 Å². The van der Waals surface area contributed by atoms with Gasteiger partial charge in [-0.2, -0.15) is 0 Å². The highest BCUT2D eigenvalue weighted by Gasteiger charge is 2.25. The van der Waals surface area contributed by atoms with Gasteiger partial charge in [0.25, 0.3) is 0 Å². The van der Waals surface area contributed by atoms with Crippen LogP contribution in [0.15, 0.2) is 0 Å². The molecule has 0 atom stereocenters. The van der Waals surface area contributed by atoms with E-state index in [1.807, 2.05) is 11.3 Å². The number of fused-ring (bicyclic) bond motifs is 1. The van der Waals surface area contributed by atoms with Crippen molar-refractivity contribution in [2.75, 3.05) is 13.2 Å². The third kappa shape index (κ3) is 2.66. The zero-order valence-corrected chi connectivity index (χ0v) is 12.8. The number of hydrogen-bond donors (Lipinski definition) is 0. The molecule has 0 unspecified atom stereocenters. The Morgan fingerprint density at radius 2 is 1.72 bits per heavy atom. The number of ether oxygens (including phenoxy) is 2. The molecule has 1 aromatic rings. The van der Waals surface area contributed by atoms with Gasteiger partial charge in [0, 0.05) is 4.88 Å². The minimum absolute atomic E-state index is 0.459. The van der Waals surface area contributed by atoms with Crippen LogP contribution in [0.2, 0.25) is 0 Å². The van der Waals surface area contributed by atoms with Gasteiger partial charge in [0.15, 0.2) is 11.5 Å². The molecule has 1 aromatic heterocycles. The molecule has 0 saturated carbocycles. The quantitative estimate of drug-likeness (QED) is 0.778. The van der Waals surface area contributed by atoms with Gasteiger partial charge in [0.2, 0.25) is 0 Å². The first-order chi connectivity index (χ1) is 8.59. The molecule has 102 valence electrons. The van der Waals surface area contributed by atoms with E-state index in [9.17, 15) is 0 Å². The summed E-state index contributed by atoms with van der Waals surface area (Å²) in [5.74, 6) is 2.02. The Labute approximate surface area is 114 Å². The van der Waals surface area contributed by atoms with E-state index >= 15 is 0 Å². The smallest absolute Gasteiger partial charge is 0.175 e. The van der Waals surface area contributed by atoms with Gasteiger partial charge in [-0.05, 0) is 25.2 Å². The fourth-order valence-corrected chi connectivity index (χ4v) is 3.41. The summed E-state index contributed by atoms with van der Waals surface area (Å²) in [5.41, 5.74) is 0.459. The number of hydrogen-bond acceptors (Lipinski definition) is 3. The molecule has 0 amide bonds. The molecule has 0 spiro atoms. The Morgan fingerprint density at radius 3 is 2.33 bits per heavy atom. The molecule has 2 heterocycles. The van der Waals surface area contributed by atoms with Crippen LogP contribution in [-0.4, -0.2) is 13.2 Å². The van der Waals surface area contributed by atoms with Crippen molar-refractivity contribution >= 4 is 11.3 Å². The molecular weight excluding hydrogens is 244 g/mol. The molecule has 0 aromatic carbocycles. The average Bonchev–Trinajstić information content (AvgIpc) is 2.74. The van der Waals surface area contributed by atoms with Crippen LogP contribution < -0.4 is 9.47 Å². The van der Waals surface area contributed by atoms with Crippen LogP contribution in [-0.2, 0) is 6.42 Å². The zero-order valence-electron chi connectivity index (χ0n) is 12.0. The number of thiophene rings is 1. The summed E-state index contributed by atoms with van der Waals surface area (Å²) >= 11 is 1.84. The van der Waals surface area contributed by atoms with E-state index in [1.54, 1.807) is 0 Å². The lowest BCUT2D eigenvalue weighted by atomic mass is 9.80. The molecule has 2 nitrogen and oxygen atoms in total. The van der Waals surface area contributed by atoms with Crippen LogP contribution >= 0.6 is 11.3 Å². The summed E-state index contributed by atoms with van der Waals surface area (Å²) in [4.78, 5) is 2.63. The van der Waals surface area contributed by atoms with Crippen LogP contribution in [0.25, 0.3) is 0 Å². The highest BCUT2D eigenvalue weighted by molar-refractivity contribution is 7.12. The third-order valence-electron chi connectivity index (χ3n) is 4.29. The summed E-state index contributed by atoms with van der Waals surface area (Å²) in [6.07, 6.45) is 4.83.